The van der Waals surface area contributed by atoms with E-state index in [1.807, 2.05) is 11.5 Å². The number of nitrogens with zero attached hydrogens (tertiary/aromatic N) is 1. The van der Waals surface area contributed by atoms with Gasteiger partial charge in [0.25, 0.3) is 0 Å². The second-order valence-corrected chi connectivity index (χ2v) is 8.44. The molecule has 31 heavy (non-hydrogen) atoms. The highest BCUT2D eigenvalue weighted by Crippen LogP contribution is 2.32. The number of ether oxygens (including phenoxy) is 2. The van der Waals surface area contributed by atoms with Gasteiger partial charge in [-0.05, 0) is 31.4 Å². The Balaban J connectivity index is 2.52. The van der Waals surface area contributed by atoms with Gasteiger partial charge in [-0.15, -0.1) is 0 Å². The first-order chi connectivity index (χ1) is 14.6. The van der Waals surface area contributed by atoms with Gasteiger partial charge in [0, 0.05) is 42.6 Å². The number of pyridine rings is 1. The fourth-order valence-corrected chi connectivity index (χ4v) is 2.99. The minimum atomic E-state index is -0.644. The Morgan fingerprint density at radius 1 is 1.35 bits per heavy atom. The maximum absolute atomic E-state index is 12.7. The molecule has 1 aromatic rings. The smallest absolute Gasteiger partial charge is 0.343 e. The topological polar surface area (TPSA) is 102 Å². The van der Waals surface area contributed by atoms with Crippen LogP contribution in [0.1, 0.15) is 63.1 Å². The highest BCUT2D eigenvalue weighted by atomic mass is 16.5. The van der Waals surface area contributed by atoms with E-state index in [4.69, 9.17) is 20.0 Å². The molecule has 7 nitrogen and oxygen atoms in total. The zero-order valence-corrected chi connectivity index (χ0v) is 18.9. The van der Waals surface area contributed by atoms with Crippen molar-refractivity contribution in [1.29, 1.82) is 5.41 Å². The fraction of sp³-hybridized carbons (Fsp3) is 0.458. The number of aliphatic hydroxyl groups is 1. The summed E-state index contributed by atoms with van der Waals surface area (Å²) in [5, 5.41) is 17.4. The molecular formula is C24H32N2O5. The maximum atomic E-state index is 12.7. The summed E-state index contributed by atoms with van der Waals surface area (Å²) in [5.74, 6) is -0.238. The van der Waals surface area contributed by atoms with E-state index in [9.17, 15) is 9.59 Å². The van der Waals surface area contributed by atoms with Crippen LogP contribution in [-0.4, -0.2) is 41.2 Å². The van der Waals surface area contributed by atoms with Crippen LogP contribution in [0.5, 0.6) is 0 Å². The summed E-state index contributed by atoms with van der Waals surface area (Å²) in [4.78, 5) is 24.9. The van der Waals surface area contributed by atoms with Gasteiger partial charge in [0.1, 0.15) is 17.0 Å². The molecule has 0 saturated carbocycles. The van der Waals surface area contributed by atoms with E-state index < -0.39 is 11.4 Å². The number of nitrogens with one attached hydrogen (secondary N) is 1. The number of hydrogen-bond acceptors (Lipinski definition) is 6. The SMILES string of the molecule is CCOC(=O)c1cn(C(C)C(C)(C)C)c(/C=C2\C=CC=C(OCCCO)C2=N)cc1=O. The summed E-state index contributed by atoms with van der Waals surface area (Å²) >= 11 is 0. The number of carbonyl (C=O) groups is 1. The van der Waals surface area contributed by atoms with Crippen LogP contribution >= 0.6 is 0 Å². The molecule has 1 atom stereocenters. The van der Waals surface area contributed by atoms with Crippen LogP contribution in [0.15, 0.2) is 46.6 Å². The molecule has 2 N–H and O–H groups in total. The lowest BCUT2D eigenvalue weighted by atomic mass is 9.87. The number of aromatic nitrogens is 1. The molecule has 1 unspecified atom stereocenters. The van der Waals surface area contributed by atoms with Crippen molar-refractivity contribution >= 4 is 17.8 Å². The third-order valence-electron chi connectivity index (χ3n) is 5.20. The second-order valence-electron chi connectivity index (χ2n) is 8.44. The predicted octanol–water partition coefficient (Wildman–Crippen LogP) is 3.89. The molecule has 168 valence electrons. The van der Waals surface area contributed by atoms with Crippen LogP contribution in [-0.2, 0) is 9.47 Å². The molecule has 0 aliphatic heterocycles. The van der Waals surface area contributed by atoms with Crippen molar-refractivity contribution in [1.82, 2.24) is 4.57 Å². The van der Waals surface area contributed by atoms with Gasteiger partial charge in [-0.1, -0.05) is 32.9 Å². The summed E-state index contributed by atoms with van der Waals surface area (Å²) in [6.45, 7) is 10.5. The average Bonchev–Trinajstić information content (AvgIpc) is 2.70. The minimum Gasteiger partial charge on any atom is -0.491 e. The monoisotopic (exact) mass is 428 g/mol. The lowest BCUT2D eigenvalue weighted by Crippen LogP contribution is -2.27. The number of rotatable bonds is 8. The van der Waals surface area contributed by atoms with Gasteiger partial charge >= 0.3 is 5.97 Å². The predicted molar refractivity (Wildman–Crippen MR) is 121 cm³/mol. The van der Waals surface area contributed by atoms with E-state index in [2.05, 4.69) is 20.8 Å². The summed E-state index contributed by atoms with van der Waals surface area (Å²) < 4.78 is 12.5. The maximum Gasteiger partial charge on any atom is 0.343 e. The first-order valence-corrected chi connectivity index (χ1v) is 10.5. The molecule has 0 fully saturated rings. The molecule has 1 aliphatic rings. The lowest BCUT2D eigenvalue weighted by Gasteiger charge is -2.31. The second kappa shape index (κ2) is 10.4. The van der Waals surface area contributed by atoms with Crippen LogP contribution in [0.25, 0.3) is 6.08 Å². The van der Waals surface area contributed by atoms with Crippen molar-refractivity contribution in [2.24, 2.45) is 5.41 Å². The van der Waals surface area contributed by atoms with Crippen molar-refractivity contribution in [3.8, 4) is 0 Å². The zero-order chi connectivity index (χ0) is 23.2. The van der Waals surface area contributed by atoms with E-state index in [0.717, 1.165) is 0 Å². The van der Waals surface area contributed by atoms with E-state index in [1.165, 1.54) is 6.07 Å². The van der Waals surface area contributed by atoms with Crippen LogP contribution in [0.2, 0.25) is 0 Å². The molecule has 1 aliphatic carbocycles. The van der Waals surface area contributed by atoms with Crippen LogP contribution < -0.4 is 5.43 Å². The minimum absolute atomic E-state index is 0.0118. The fourth-order valence-electron chi connectivity index (χ4n) is 2.99. The van der Waals surface area contributed by atoms with Crippen molar-refractivity contribution in [3.05, 3.63) is 63.3 Å². The standard InChI is InChI=1S/C24H32N2O5/c1-6-30-23(29)19-15-26(16(2)24(3,4)5)18(14-20(19)28)13-17-9-7-10-21(22(17)25)31-12-8-11-27/h7,9-10,13-16,25,27H,6,8,11-12H2,1-5H3/b17-13+,25-22?. The summed E-state index contributed by atoms with van der Waals surface area (Å²) in [7, 11) is 0. The summed E-state index contributed by atoms with van der Waals surface area (Å²) in [6, 6.07) is 1.36. The lowest BCUT2D eigenvalue weighted by molar-refractivity contribution is 0.0523. The zero-order valence-electron chi connectivity index (χ0n) is 18.9. The van der Waals surface area contributed by atoms with Crippen LogP contribution in [0.4, 0.5) is 0 Å². The van der Waals surface area contributed by atoms with E-state index >= 15 is 0 Å². The van der Waals surface area contributed by atoms with Crippen molar-refractivity contribution < 1.29 is 19.4 Å². The van der Waals surface area contributed by atoms with Gasteiger partial charge in [-0.3, -0.25) is 10.2 Å². The molecule has 1 aromatic heterocycles. The molecule has 7 heteroatoms. The van der Waals surface area contributed by atoms with Gasteiger partial charge < -0.3 is 19.1 Å². The number of allylic oxidation sites excluding steroid dienone is 4. The van der Waals surface area contributed by atoms with Gasteiger partial charge in [-0.25, -0.2) is 4.79 Å². The molecule has 0 amide bonds. The van der Waals surface area contributed by atoms with Crippen LogP contribution in [0.3, 0.4) is 0 Å². The molecule has 0 radical (unpaired) electrons. The molecule has 0 spiro atoms. The molecule has 0 aromatic carbocycles. The largest absolute Gasteiger partial charge is 0.491 e. The highest BCUT2D eigenvalue weighted by molar-refractivity contribution is 6.14. The molecule has 0 bridgehead atoms. The average molecular weight is 429 g/mol. The van der Waals surface area contributed by atoms with Crippen molar-refractivity contribution in [2.45, 2.75) is 47.1 Å². The van der Waals surface area contributed by atoms with Gasteiger partial charge in [0.05, 0.1) is 13.2 Å². The van der Waals surface area contributed by atoms with Gasteiger partial charge in [-0.2, -0.15) is 0 Å². The first-order valence-electron chi connectivity index (χ1n) is 10.5. The first kappa shape index (κ1) is 24.3. The molecule has 0 saturated heterocycles. The van der Waals surface area contributed by atoms with Crippen molar-refractivity contribution in [2.75, 3.05) is 19.8 Å². The quantitative estimate of drug-likeness (QED) is 0.483. The Bertz CT molecular complexity index is 977. The number of aliphatic hydroxyl groups excluding tert-OH is 1. The molecule has 1 heterocycles. The third-order valence-corrected chi connectivity index (χ3v) is 5.20. The Hall–Kier alpha value is -2.93. The number of hydrogen-bond donors (Lipinski definition) is 2. The molecular weight excluding hydrogens is 396 g/mol. The van der Waals surface area contributed by atoms with Crippen molar-refractivity contribution in [3.63, 3.8) is 0 Å². The highest BCUT2D eigenvalue weighted by Gasteiger charge is 2.25. The third kappa shape index (κ3) is 6.04. The Labute approximate surface area is 183 Å². The van der Waals surface area contributed by atoms with E-state index in [0.29, 0.717) is 30.1 Å². The Morgan fingerprint density at radius 3 is 2.68 bits per heavy atom. The van der Waals surface area contributed by atoms with Gasteiger partial charge in [0.2, 0.25) is 0 Å². The normalized spacial score (nSPS) is 16.3. The summed E-state index contributed by atoms with van der Waals surface area (Å²) in [6.07, 6.45) is 9.03. The number of esters is 1. The Morgan fingerprint density at radius 2 is 2.06 bits per heavy atom. The van der Waals surface area contributed by atoms with E-state index in [-0.39, 0.29) is 35.9 Å². The Kier molecular flexibility index (Phi) is 8.16. The van der Waals surface area contributed by atoms with Gasteiger partial charge in [0.15, 0.2) is 5.43 Å². The van der Waals surface area contributed by atoms with Crippen LogP contribution in [0, 0.1) is 10.8 Å². The number of carbonyl (C=O) groups excluding carboxylic acids is 1. The van der Waals surface area contributed by atoms with E-state index in [1.54, 1.807) is 37.4 Å². The molecule has 2 rings (SSSR count). The summed E-state index contributed by atoms with van der Waals surface area (Å²) in [5.41, 5.74) is 0.771.